The largest absolute Gasteiger partial charge is 0.383 e. The topological polar surface area (TPSA) is 77.6 Å². The van der Waals surface area contributed by atoms with Crippen LogP contribution in [-0.4, -0.2) is 26.4 Å². The van der Waals surface area contributed by atoms with Crippen LogP contribution in [0.15, 0.2) is 20.0 Å². The standard InChI is InChI=1S/C9H11N5S3/c1-3-5-6(10)11-4-12-7(5)16-9-14-13-8(15-2)17-9/h4H,3H2,1-2H3,(H2,10,11,12). The summed E-state index contributed by atoms with van der Waals surface area (Å²) in [6.45, 7) is 2.03. The van der Waals surface area contributed by atoms with Crippen LogP contribution in [0.25, 0.3) is 0 Å². The van der Waals surface area contributed by atoms with Crippen LogP contribution in [0.3, 0.4) is 0 Å². The number of rotatable bonds is 4. The van der Waals surface area contributed by atoms with Crippen molar-refractivity contribution in [2.24, 2.45) is 0 Å². The van der Waals surface area contributed by atoms with Crippen molar-refractivity contribution in [3.05, 3.63) is 11.9 Å². The van der Waals surface area contributed by atoms with E-state index in [1.54, 1.807) is 23.1 Å². The summed E-state index contributed by atoms with van der Waals surface area (Å²) < 4.78 is 1.83. The Morgan fingerprint density at radius 2 is 2.06 bits per heavy atom. The lowest BCUT2D eigenvalue weighted by Gasteiger charge is -2.05. The van der Waals surface area contributed by atoms with E-state index >= 15 is 0 Å². The van der Waals surface area contributed by atoms with Gasteiger partial charge >= 0.3 is 0 Å². The third-order valence-electron chi connectivity index (χ3n) is 2.04. The number of hydrogen-bond acceptors (Lipinski definition) is 8. The molecule has 2 rings (SSSR count). The fourth-order valence-corrected chi connectivity index (χ4v) is 3.76. The highest BCUT2D eigenvalue weighted by Gasteiger charge is 2.12. The molecule has 2 heterocycles. The van der Waals surface area contributed by atoms with Gasteiger partial charge in [0.25, 0.3) is 0 Å². The van der Waals surface area contributed by atoms with E-state index in [-0.39, 0.29) is 0 Å². The van der Waals surface area contributed by atoms with Gasteiger partial charge in [-0.15, -0.1) is 10.2 Å². The van der Waals surface area contributed by atoms with Crippen LogP contribution in [0, 0.1) is 0 Å². The molecule has 0 aromatic carbocycles. The molecule has 5 nitrogen and oxygen atoms in total. The number of nitrogens with two attached hydrogens (primary N) is 1. The second-order valence-corrected chi connectivity index (χ2v) is 6.30. The van der Waals surface area contributed by atoms with Crippen molar-refractivity contribution in [1.82, 2.24) is 20.2 Å². The number of nitrogen functional groups attached to an aromatic ring is 1. The minimum absolute atomic E-state index is 0.541. The van der Waals surface area contributed by atoms with Gasteiger partial charge in [0.1, 0.15) is 17.2 Å². The lowest BCUT2D eigenvalue weighted by Crippen LogP contribution is -2.00. The number of thioether (sulfide) groups is 1. The van der Waals surface area contributed by atoms with E-state index < -0.39 is 0 Å². The summed E-state index contributed by atoms with van der Waals surface area (Å²) in [5.41, 5.74) is 6.79. The normalized spacial score (nSPS) is 10.7. The minimum atomic E-state index is 0.541. The molecule has 0 bridgehead atoms. The zero-order valence-corrected chi connectivity index (χ0v) is 11.8. The predicted molar refractivity (Wildman–Crippen MR) is 71.6 cm³/mol. The summed E-state index contributed by atoms with van der Waals surface area (Å²) in [5.74, 6) is 0.541. The van der Waals surface area contributed by atoms with Crippen LogP contribution in [0.2, 0.25) is 0 Å². The van der Waals surface area contributed by atoms with Crippen LogP contribution in [-0.2, 0) is 6.42 Å². The number of nitrogens with zero attached hydrogens (tertiary/aromatic N) is 4. The van der Waals surface area contributed by atoms with E-state index in [2.05, 4.69) is 20.2 Å². The second kappa shape index (κ2) is 5.65. The maximum Gasteiger partial charge on any atom is 0.181 e. The average molecular weight is 285 g/mol. The summed E-state index contributed by atoms with van der Waals surface area (Å²) in [4.78, 5) is 8.23. The fraction of sp³-hybridized carbons (Fsp3) is 0.333. The maximum absolute atomic E-state index is 5.82. The van der Waals surface area contributed by atoms with Crippen molar-refractivity contribution in [2.45, 2.75) is 27.0 Å². The molecule has 0 spiro atoms. The minimum Gasteiger partial charge on any atom is -0.383 e. The van der Waals surface area contributed by atoms with Crippen molar-refractivity contribution < 1.29 is 0 Å². The van der Waals surface area contributed by atoms with Gasteiger partial charge < -0.3 is 5.73 Å². The second-order valence-electron chi connectivity index (χ2n) is 3.04. The van der Waals surface area contributed by atoms with Gasteiger partial charge in [-0.2, -0.15) is 0 Å². The first-order chi connectivity index (χ1) is 8.24. The van der Waals surface area contributed by atoms with Gasteiger partial charge in [0.05, 0.1) is 0 Å². The molecule has 0 aliphatic heterocycles. The molecule has 0 radical (unpaired) electrons. The summed E-state index contributed by atoms with van der Waals surface area (Å²) in [7, 11) is 0. The smallest absolute Gasteiger partial charge is 0.181 e. The first-order valence-electron chi connectivity index (χ1n) is 4.89. The molecule has 0 unspecified atom stereocenters. The quantitative estimate of drug-likeness (QED) is 0.682. The fourth-order valence-electron chi connectivity index (χ4n) is 1.23. The van der Waals surface area contributed by atoms with Crippen LogP contribution < -0.4 is 5.73 Å². The molecular formula is C9H11N5S3. The van der Waals surface area contributed by atoms with Gasteiger partial charge in [0.2, 0.25) is 0 Å². The van der Waals surface area contributed by atoms with E-state index in [9.17, 15) is 0 Å². The van der Waals surface area contributed by atoms with Crippen LogP contribution in [0.5, 0.6) is 0 Å². The molecule has 2 aromatic rings. The highest BCUT2D eigenvalue weighted by molar-refractivity contribution is 8.03. The first kappa shape index (κ1) is 12.6. The molecule has 17 heavy (non-hydrogen) atoms. The third-order valence-corrected chi connectivity index (χ3v) is 5.03. The molecule has 0 saturated heterocycles. The van der Waals surface area contributed by atoms with E-state index in [0.29, 0.717) is 5.82 Å². The summed E-state index contributed by atoms with van der Waals surface area (Å²) in [6.07, 6.45) is 4.27. The Morgan fingerprint density at radius 1 is 1.29 bits per heavy atom. The Balaban J connectivity index is 2.26. The Morgan fingerprint density at radius 3 is 2.71 bits per heavy atom. The lowest BCUT2D eigenvalue weighted by molar-refractivity contribution is 0.935. The molecule has 0 saturated carbocycles. The molecule has 2 aromatic heterocycles. The zero-order valence-electron chi connectivity index (χ0n) is 9.38. The predicted octanol–water partition coefficient (Wildman–Crippen LogP) is 2.35. The highest BCUT2D eigenvalue weighted by Crippen LogP contribution is 2.34. The Labute approximate surface area is 112 Å². The van der Waals surface area contributed by atoms with Crippen LogP contribution >= 0.6 is 34.9 Å². The molecule has 90 valence electrons. The molecule has 0 fully saturated rings. The van der Waals surface area contributed by atoms with Gasteiger partial charge in [-0.1, -0.05) is 30.0 Å². The van der Waals surface area contributed by atoms with Crippen molar-refractivity contribution in [3.8, 4) is 0 Å². The van der Waals surface area contributed by atoms with Gasteiger partial charge in [0, 0.05) is 5.56 Å². The monoisotopic (exact) mass is 285 g/mol. The van der Waals surface area contributed by atoms with E-state index in [1.807, 2.05) is 13.2 Å². The van der Waals surface area contributed by atoms with Crippen molar-refractivity contribution in [3.63, 3.8) is 0 Å². The Bertz CT molecular complexity index is 513. The van der Waals surface area contributed by atoms with E-state index in [4.69, 9.17) is 5.73 Å². The van der Waals surface area contributed by atoms with Crippen LogP contribution in [0.1, 0.15) is 12.5 Å². The molecular weight excluding hydrogens is 274 g/mol. The molecule has 8 heteroatoms. The average Bonchev–Trinajstić information content (AvgIpc) is 2.77. The Kier molecular flexibility index (Phi) is 4.19. The number of hydrogen-bond donors (Lipinski definition) is 1. The summed E-state index contributed by atoms with van der Waals surface area (Å²) >= 11 is 4.63. The van der Waals surface area contributed by atoms with Crippen molar-refractivity contribution >= 4 is 40.7 Å². The van der Waals surface area contributed by atoms with Gasteiger partial charge in [-0.3, -0.25) is 0 Å². The molecule has 0 amide bonds. The van der Waals surface area contributed by atoms with Crippen molar-refractivity contribution in [2.75, 3.05) is 12.0 Å². The third kappa shape index (κ3) is 2.88. The Hall–Kier alpha value is -0.860. The first-order valence-corrected chi connectivity index (χ1v) is 7.75. The lowest BCUT2D eigenvalue weighted by atomic mass is 10.2. The number of aromatic nitrogens is 4. The maximum atomic E-state index is 5.82. The molecule has 0 aliphatic rings. The van der Waals surface area contributed by atoms with Crippen molar-refractivity contribution in [1.29, 1.82) is 0 Å². The molecule has 2 N–H and O–H groups in total. The SMILES string of the molecule is CCc1c(N)ncnc1Sc1nnc(SC)s1. The van der Waals surface area contributed by atoms with E-state index in [0.717, 1.165) is 25.7 Å². The van der Waals surface area contributed by atoms with Gasteiger partial charge in [-0.05, 0) is 24.4 Å². The van der Waals surface area contributed by atoms with Crippen LogP contribution in [0.4, 0.5) is 5.82 Å². The highest BCUT2D eigenvalue weighted by atomic mass is 32.2. The summed E-state index contributed by atoms with van der Waals surface area (Å²) in [5, 5.41) is 9.01. The zero-order chi connectivity index (χ0) is 12.3. The van der Waals surface area contributed by atoms with Gasteiger partial charge in [0.15, 0.2) is 8.68 Å². The molecule has 0 aliphatic carbocycles. The van der Waals surface area contributed by atoms with E-state index in [1.165, 1.54) is 18.1 Å². The number of anilines is 1. The van der Waals surface area contributed by atoms with Gasteiger partial charge in [-0.25, -0.2) is 9.97 Å². The molecule has 0 atom stereocenters. The summed E-state index contributed by atoms with van der Waals surface area (Å²) in [6, 6.07) is 0.